The smallest absolute Gasteiger partial charge is 0.105 e. The predicted molar refractivity (Wildman–Crippen MR) is 72.7 cm³/mol. The number of halogens is 1. The van der Waals surface area contributed by atoms with Gasteiger partial charge in [0.05, 0.1) is 11.1 Å². The lowest BCUT2D eigenvalue weighted by atomic mass is 10.0. The molecule has 1 unspecified atom stereocenters. The molecule has 0 radical (unpaired) electrons. The summed E-state index contributed by atoms with van der Waals surface area (Å²) in [5, 5.41) is 0. The molecule has 1 heterocycles. The van der Waals surface area contributed by atoms with Gasteiger partial charge < -0.3 is 4.42 Å². The molecule has 0 aliphatic heterocycles. The van der Waals surface area contributed by atoms with Crippen molar-refractivity contribution in [1.29, 1.82) is 0 Å². The maximum Gasteiger partial charge on any atom is 0.105 e. The molecule has 0 saturated carbocycles. The second-order valence-corrected chi connectivity index (χ2v) is 5.59. The van der Waals surface area contributed by atoms with E-state index in [-0.39, 0.29) is 4.83 Å². The van der Waals surface area contributed by atoms with Gasteiger partial charge in [-0.25, -0.2) is 0 Å². The first kappa shape index (κ1) is 11.1. The number of fused-ring (bicyclic) bond motifs is 1. The van der Waals surface area contributed by atoms with E-state index in [2.05, 4.69) is 34.1 Å². The number of benzene rings is 1. The van der Waals surface area contributed by atoms with Crippen LogP contribution in [0.4, 0.5) is 0 Å². The summed E-state index contributed by atoms with van der Waals surface area (Å²) in [7, 11) is 0. The lowest BCUT2D eigenvalue weighted by Crippen LogP contribution is -1.95. The monoisotopic (exact) mass is 290 g/mol. The Kier molecular flexibility index (Phi) is 2.83. The Morgan fingerprint density at radius 1 is 1.18 bits per heavy atom. The Morgan fingerprint density at radius 3 is 2.76 bits per heavy atom. The second-order valence-electron chi connectivity index (χ2n) is 4.68. The Hall–Kier alpha value is -1.02. The van der Waals surface area contributed by atoms with Crippen LogP contribution >= 0.6 is 15.9 Å². The average Bonchev–Trinajstić information content (AvgIpc) is 2.95. The third-order valence-electron chi connectivity index (χ3n) is 3.59. The van der Waals surface area contributed by atoms with Gasteiger partial charge in [-0.2, -0.15) is 0 Å². The molecule has 0 saturated heterocycles. The first-order valence-corrected chi connectivity index (χ1v) is 6.97. The van der Waals surface area contributed by atoms with E-state index in [0.717, 1.165) is 5.76 Å². The van der Waals surface area contributed by atoms with Gasteiger partial charge in [0, 0.05) is 5.56 Å². The van der Waals surface area contributed by atoms with Crippen LogP contribution in [0.2, 0.25) is 0 Å². The van der Waals surface area contributed by atoms with E-state index in [1.165, 1.54) is 41.5 Å². The van der Waals surface area contributed by atoms with Crippen molar-refractivity contribution in [3.05, 3.63) is 58.5 Å². The van der Waals surface area contributed by atoms with Crippen molar-refractivity contribution < 1.29 is 4.42 Å². The van der Waals surface area contributed by atoms with Crippen molar-refractivity contribution in [2.45, 2.75) is 31.0 Å². The maximum absolute atomic E-state index is 5.37. The van der Waals surface area contributed by atoms with Crippen molar-refractivity contribution in [3.8, 4) is 0 Å². The highest BCUT2D eigenvalue weighted by molar-refractivity contribution is 9.09. The summed E-state index contributed by atoms with van der Waals surface area (Å²) in [5.74, 6) is 0.993. The molecule has 17 heavy (non-hydrogen) atoms. The minimum Gasteiger partial charge on any atom is -0.469 e. The average molecular weight is 291 g/mol. The fourth-order valence-corrected chi connectivity index (χ4v) is 3.35. The quantitative estimate of drug-likeness (QED) is 0.739. The third-order valence-corrected chi connectivity index (χ3v) is 4.61. The maximum atomic E-state index is 5.37. The number of hydrogen-bond donors (Lipinski definition) is 0. The standard InChI is InChI=1S/C15H15BrO/c1-10-14(7-8-17-10)15(16)13-6-5-11-3-2-4-12(11)9-13/h5-9,15H,2-4H2,1H3. The second kappa shape index (κ2) is 4.34. The van der Waals surface area contributed by atoms with Gasteiger partial charge in [0.2, 0.25) is 0 Å². The highest BCUT2D eigenvalue weighted by Crippen LogP contribution is 2.35. The van der Waals surface area contributed by atoms with Crippen molar-refractivity contribution >= 4 is 15.9 Å². The summed E-state index contributed by atoms with van der Waals surface area (Å²) in [6.45, 7) is 2.01. The fourth-order valence-electron chi connectivity index (χ4n) is 2.59. The molecule has 1 aliphatic rings. The van der Waals surface area contributed by atoms with Gasteiger partial charge in [-0.05, 0) is 48.9 Å². The number of hydrogen-bond acceptors (Lipinski definition) is 1. The molecular formula is C15H15BrO. The zero-order chi connectivity index (χ0) is 11.8. The minimum atomic E-state index is 0.243. The summed E-state index contributed by atoms with van der Waals surface area (Å²) in [6.07, 6.45) is 5.53. The molecule has 1 aliphatic carbocycles. The molecule has 88 valence electrons. The van der Waals surface area contributed by atoms with Gasteiger partial charge in [-0.1, -0.05) is 34.1 Å². The van der Waals surface area contributed by atoms with Crippen molar-refractivity contribution in [3.63, 3.8) is 0 Å². The summed E-state index contributed by atoms with van der Waals surface area (Å²) in [5.41, 5.74) is 5.60. The SMILES string of the molecule is Cc1occc1C(Br)c1ccc2c(c1)CCC2. The molecule has 0 spiro atoms. The zero-order valence-electron chi connectivity index (χ0n) is 9.87. The molecule has 2 heteroatoms. The number of alkyl halides is 1. The summed E-state index contributed by atoms with van der Waals surface area (Å²) in [4.78, 5) is 0.243. The molecule has 3 rings (SSSR count). The molecule has 1 nitrogen and oxygen atoms in total. The van der Waals surface area contributed by atoms with Gasteiger partial charge in [-0.15, -0.1) is 0 Å². The summed E-state index contributed by atoms with van der Waals surface area (Å²) >= 11 is 3.77. The van der Waals surface area contributed by atoms with Crippen LogP contribution in [0.15, 0.2) is 34.9 Å². The highest BCUT2D eigenvalue weighted by Gasteiger charge is 2.17. The number of aryl methyl sites for hydroxylation is 3. The molecule has 1 atom stereocenters. The van der Waals surface area contributed by atoms with E-state index in [1.54, 1.807) is 6.26 Å². The Bertz CT molecular complexity index is 542. The molecule has 0 bridgehead atoms. The van der Waals surface area contributed by atoms with Gasteiger partial charge in [0.15, 0.2) is 0 Å². The van der Waals surface area contributed by atoms with Gasteiger partial charge in [-0.3, -0.25) is 0 Å². The Morgan fingerprint density at radius 2 is 2.00 bits per heavy atom. The van der Waals surface area contributed by atoms with Crippen LogP contribution in [0.5, 0.6) is 0 Å². The van der Waals surface area contributed by atoms with Crippen LogP contribution in [-0.4, -0.2) is 0 Å². The molecule has 2 aromatic rings. The molecule has 1 aromatic carbocycles. The van der Waals surface area contributed by atoms with E-state index in [1.807, 2.05) is 13.0 Å². The van der Waals surface area contributed by atoms with E-state index < -0.39 is 0 Å². The highest BCUT2D eigenvalue weighted by atomic mass is 79.9. The normalized spacial score (nSPS) is 15.9. The van der Waals surface area contributed by atoms with E-state index in [0.29, 0.717) is 0 Å². The van der Waals surface area contributed by atoms with Crippen molar-refractivity contribution in [2.75, 3.05) is 0 Å². The van der Waals surface area contributed by atoms with Gasteiger partial charge >= 0.3 is 0 Å². The van der Waals surface area contributed by atoms with E-state index in [9.17, 15) is 0 Å². The summed E-state index contributed by atoms with van der Waals surface area (Å²) in [6, 6.07) is 8.90. The van der Waals surface area contributed by atoms with E-state index in [4.69, 9.17) is 4.42 Å². The van der Waals surface area contributed by atoms with E-state index >= 15 is 0 Å². The first-order chi connectivity index (χ1) is 8.25. The zero-order valence-corrected chi connectivity index (χ0v) is 11.5. The number of furan rings is 1. The first-order valence-electron chi connectivity index (χ1n) is 6.05. The molecule has 0 N–H and O–H groups in total. The van der Waals surface area contributed by atoms with Gasteiger partial charge in [0.1, 0.15) is 5.76 Å². The van der Waals surface area contributed by atoms with Crippen LogP contribution in [0.1, 0.15) is 39.3 Å². The largest absolute Gasteiger partial charge is 0.469 e. The fraction of sp³-hybridized carbons (Fsp3) is 0.333. The lowest BCUT2D eigenvalue weighted by molar-refractivity contribution is 0.530. The topological polar surface area (TPSA) is 13.1 Å². The summed E-state index contributed by atoms with van der Waals surface area (Å²) < 4.78 is 5.37. The third kappa shape index (κ3) is 1.95. The Labute approximate surface area is 110 Å². The van der Waals surface area contributed by atoms with Crippen molar-refractivity contribution in [2.24, 2.45) is 0 Å². The lowest BCUT2D eigenvalue weighted by Gasteiger charge is -2.11. The van der Waals surface area contributed by atoms with Crippen LogP contribution in [0.3, 0.4) is 0 Å². The van der Waals surface area contributed by atoms with Crippen LogP contribution in [0, 0.1) is 6.92 Å². The van der Waals surface area contributed by atoms with Crippen molar-refractivity contribution in [1.82, 2.24) is 0 Å². The predicted octanol–water partition coefficient (Wildman–Crippen LogP) is 4.56. The molecule has 0 amide bonds. The van der Waals surface area contributed by atoms with Crippen LogP contribution in [0.25, 0.3) is 0 Å². The number of rotatable bonds is 2. The minimum absolute atomic E-state index is 0.243. The Balaban J connectivity index is 1.97. The molecular weight excluding hydrogens is 276 g/mol. The van der Waals surface area contributed by atoms with Gasteiger partial charge in [0.25, 0.3) is 0 Å². The molecule has 0 fully saturated rings. The van der Waals surface area contributed by atoms with Crippen LogP contribution in [-0.2, 0) is 12.8 Å². The molecule has 1 aromatic heterocycles. The van der Waals surface area contributed by atoms with Crippen LogP contribution < -0.4 is 0 Å².